The first-order chi connectivity index (χ1) is 9.39. The van der Waals surface area contributed by atoms with Crippen LogP contribution in [-0.4, -0.2) is 24.1 Å². The van der Waals surface area contributed by atoms with Gasteiger partial charge in [-0.3, -0.25) is 4.18 Å². The number of unbranched alkanes of at least 4 members (excludes halogenated alkanes) is 3. The van der Waals surface area contributed by atoms with Crippen molar-refractivity contribution >= 4 is 10.4 Å². The Balaban J connectivity index is 0.000000361. The summed E-state index contributed by atoms with van der Waals surface area (Å²) in [5.41, 5.74) is 0. The average molecular weight is 306 g/mol. The predicted molar refractivity (Wildman–Crippen MR) is 75.7 cm³/mol. The molecule has 1 aromatic heterocycles. The molecule has 0 atom stereocenters. The van der Waals surface area contributed by atoms with Crippen LogP contribution in [0.5, 0.6) is 0 Å². The smallest absolute Gasteiger partial charge is 0.243 e. The van der Waals surface area contributed by atoms with E-state index in [2.05, 4.69) is 39.0 Å². The molecule has 0 saturated carbocycles. The molecule has 0 aliphatic heterocycles. The zero-order valence-corrected chi connectivity index (χ0v) is 13.4. The van der Waals surface area contributed by atoms with Gasteiger partial charge in [0.05, 0.1) is 20.2 Å². The number of aryl methyl sites for hydroxylation is 2. The van der Waals surface area contributed by atoms with Crippen LogP contribution in [-0.2, 0) is 28.2 Å². The van der Waals surface area contributed by atoms with Crippen molar-refractivity contribution in [3.63, 3.8) is 0 Å². The van der Waals surface area contributed by atoms with Crippen LogP contribution in [0.1, 0.15) is 46.0 Å². The molecule has 118 valence electrons. The Bertz CT molecular complexity index is 443. The number of hydrogen-bond acceptors (Lipinski definition) is 4. The molecule has 0 aromatic carbocycles. The predicted octanol–water partition coefficient (Wildman–Crippen LogP) is 1.77. The zero-order chi connectivity index (χ0) is 15.4. The highest BCUT2D eigenvalue weighted by atomic mass is 32.3. The van der Waals surface area contributed by atoms with Crippen molar-refractivity contribution in [1.29, 1.82) is 0 Å². The van der Waals surface area contributed by atoms with Crippen LogP contribution in [0.4, 0.5) is 0 Å². The second-order valence-electron chi connectivity index (χ2n) is 4.61. The highest BCUT2D eigenvalue weighted by molar-refractivity contribution is 7.80. The van der Waals surface area contributed by atoms with E-state index in [9.17, 15) is 13.0 Å². The Kier molecular flexibility index (Phi) is 10.3. The molecule has 0 bridgehead atoms. The minimum Gasteiger partial charge on any atom is -0.726 e. The van der Waals surface area contributed by atoms with Crippen LogP contribution in [0.2, 0.25) is 0 Å². The second-order valence-corrected chi connectivity index (χ2v) is 5.66. The lowest BCUT2D eigenvalue weighted by atomic mass is 10.3. The summed E-state index contributed by atoms with van der Waals surface area (Å²) in [6.07, 6.45) is 11.3. The molecule has 1 rings (SSSR count). The number of nitrogens with zero attached hydrogens (tertiary/aromatic N) is 2. The molecule has 7 heteroatoms. The molecular weight excluding hydrogens is 280 g/mol. The lowest BCUT2D eigenvalue weighted by Gasteiger charge is -2.05. The standard InChI is InChI=1S/C8H15N2.C5H12O4S/c1-3-4-5-10-7-6-9(2)8-10;1-2-3-4-5-9-10(6,7)8/h6-8H,3-5H2,1-2H3;2-5H2,1H3,(H,6,7,8)/q+1;/p-1. The Morgan fingerprint density at radius 2 is 1.85 bits per heavy atom. The molecular formula is C13H26N2O4S. The Morgan fingerprint density at radius 3 is 2.30 bits per heavy atom. The fourth-order valence-electron chi connectivity index (χ4n) is 1.49. The quantitative estimate of drug-likeness (QED) is 0.317. The van der Waals surface area contributed by atoms with Crippen LogP contribution >= 0.6 is 0 Å². The van der Waals surface area contributed by atoms with Crippen molar-refractivity contribution in [2.75, 3.05) is 6.61 Å². The van der Waals surface area contributed by atoms with E-state index in [1.165, 1.54) is 12.8 Å². The third-order valence-corrected chi connectivity index (χ3v) is 3.02. The maximum atomic E-state index is 9.82. The SMILES string of the molecule is CCCCCOS(=O)(=O)[O-].CCCC[n+]1ccn(C)c1. The van der Waals surface area contributed by atoms with Gasteiger partial charge in [0.1, 0.15) is 12.4 Å². The molecule has 0 spiro atoms. The van der Waals surface area contributed by atoms with Gasteiger partial charge in [-0.05, 0) is 12.8 Å². The summed E-state index contributed by atoms with van der Waals surface area (Å²) in [6.45, 7) is 5.35. The monoisotopic (exact) mass is 306 g/mol. The summed E-state index contributed by atoms with van der Waals surface area (Å²) in [4.78, 5) is 0. The molecule has 1 heterocycles. The van der Waals surface area contributed by atoms with E-state index >= 15 is 0 Å². The van der Waals surface area contributed by atoms with E-state index in [0.29, 0.717) is 6.42 Å². The maximum Gasteiger partial charge on any atom is 0.243 e. The first-order valence-corrected chi connectivity index (χ1v) is 8.33. The van der Waals surface area contributed by atoms with Crippen molar-refractivity contribution in [2.24, 2.45) is 7.05 Å². The molecule has 0 amide bonds. The fourth-order valence-corrected chi connectivity index (χ4v) is 1.81. The third kappa shape index (κ3) is 12.1. The minimum atomic E-state index is -4.45. The minimum absolute atomic E-state index is 0.0136. The van der Waals surface area contributed by atoms with Crippen molar-refractivity contribution in [3.8, 4) is 0 Å². The van der Waals surface area contributed by atoms with Crippen LogP contribution in [0, 0.1) is 0 Å². The van der Waals surface area contributed by atoms with Gasteiger partial charge in [-0.25, -0.2) is 17.6 Å². The van der Waals surface area contributed by atoms with Crippen molar-refractivity contribution in [1.82, 2.24) is 4.57 Å². The Hall–Kier alpha value is -0.920. The fraction of sp³-hybridized carbons (Fsp3) is 0.769. The lowest BCUT2D eigenvalue weighted by Crippen LogP contribution is -2.30. The molecule has 0 radical (unpaired) electrons. The molecule has 0 unspecified atom stereocenters. The summed E-state index contributed by atoms with van der Waals surface area (Å²) in [5, 5.41) is 0. The van der Waals surface area contributed by atoms with Crippen LogP contribution in [0.15, 0.2) is 18.7 Å². The topological polar surface area (TPSA) is 75.2 Å². The maximum absolute atomic E-state index is 9.82. The molecule has 1 aromatic rings. The van der Waals surface area contributed by atoms with Gasteiger partial charge in [0.25, 0.3) is 0 Å². The Labute approximate surface area is 122 Å². The Morgan fingerprint density at radius 1 is 1.20 bits per heavy atom. The van der Waals surface area contributed by atoms with E-state index in [0.717, 1.165) is 19.4 Å². The summed E-state index contributed by atoms with van der Waals surface area (Å²) >= 11 is 0. The van der Waals surface area contributed by atoms with Crippen molar-refractivity contribution in [2.45, 2.75) is 52.5 Å². The van der Waals surface area contributed by atoms with Crippen LogP contribution in [0.3, 0.4) is 0 Å². The number of hydrogen-bond donors (Lipinski definition) is 0. The third-order valence-electron chi connectivity index (χ3n) is 2.57. The summed E-state index contributed by atoms with van der Waals surface area (Å²) in [6, 6.07) is 0. The summed E-state index contributed by atoms with van der Waals surface area (Å²) in [5.74, 6) is 0. The van der Waals surface area contributed by atoms with Crippen LogP contribution < -0.4 is 4.57 Å². The van der Waals surface area contributed by atoms with E-state index in [1.54, 1.807) is 0 Å². The zero-order valence-electron chi connectivity index (χ0n) is 12.6. The molecule has 20 heavy (non-hydrogen) atoms. The van der Waals surface area contributed by atoms with E-state index < -0.39 is 10.4 Å². The molecule has 6 nitrogen and oxygen atoms in total. The molecule has 0 fully saturated rings. The van der Waals surface area contributed by atoms with Gasteiger partial charge in [0.2, 0.25) is 16.7 Å². The highest BCUT2D eigenvalue weighted by Gasteiger charge is 1.96. The lowest BCUT2D eigenvalue weighted by molar-refractivity contribution is -0.696. The van der Waals surface area contributed by atoms with E-state index in [-0.39, 0.29) is 6.61 Å². The normalized spacial score (nSPS) is 11.0. The van der Waals surface area contributed by atoms with Gasteiger partial charge < -0.3 is 4.55 Å². The van der Waals surface area contributed by atoms with Gasteiger partial charge in [-0.15, -0.1) is 0 Å². The first-order valence-electron chi connectivity index (χ1n) is 7.00. The van der Waals surface area contributed by atoms with Gasteiger partial charge in [-0.1, -0.05) is 33.1 Å². The first kappa shape index (κ1) is 19.1. The van der Waals surface area contributed by atoms with Crippen LogP contribution in [0.25, 0.3) is 0 Å². The van der Waals surface area contributed by atoms with E-state index in [1.807, 2.05) is 14.0 Å². The highest BCUT2D eigenvalue weighted by Crippen LogP contribution is 1.96. The van der Waals surface area contributed by atoms with Gasteiger partial charge >= 0.3 is 0 Å². The second kappa shape index (κ2) is 10.8. The molecule has 0 saturated heterocycles. The number of aromatic nitrogens is 2. The largest absolute Gasteiger partial charge is 0.726 e. The van der Waals surface area contributed by atoms with Gasteiger partial charge in [0.15, 0.2) is 0 Å². The van der Waals surface area contributed by atoms with Gasteiger partial charge in [-0.2, -0.15) is 0 Å². The molecule has 0 N–H and O–H groups in total. The van der Waals surface area contributed by atoms with Crippen molar-refractivity contribution < 1.29 is 21.7 Å². The summed E-state index contributed by atoms with van der Waals surface area (Å²) < 4.78 is 37.7. The number of rotatable bonds is 8. The average Bonchev–Trinajstić information content (AvgIpc) is 2.78. The van der Waals surface area contributed by atoms with E-state index in [4.69, 9.17) is 0 Å². The van der Waals surface area contributed by atoms with Gasteiger partial charge in [0, 0.05) is 0 Å². The van der Waals surface area contributed by atoms with Crippen molar-refractivity contribution in [3.05, 3.63) is 18.7 Å². The molecule has 0 aliphatic rings. The number of imidazole rings is 1. The summed E-state index contributed by atoms with van der Waals surface area (Å²) in [7, 11) is -2.41. The molecule has 0 aliphatic carbocycles.